The van der Waals surface area contributed by atoms with Crippen molar-refractivity contribution in [3.8, 4) is 0 Å². The molecule has 18 heavy (non-hydrogen) atoms. The largest absolute Gasteiger partial charge is 0.382 e. The van der Waals surface area contributed by atoms with E-state index in [-0.39, 0.29) is 11.1 Å². The van der Waals surface area contributed by atoms with Crippen LogP contribution in [0.25, 0.3) is 0 Å². The fraction of sp³-hybridized carbons (Fsp3) is 0.667. The molecule has 0 aliphatic rings. The van der Waals surface area contributed by atoms with Gasteiger partial charge in [0, 0.05) is 13.7 Å². The summed E-state index contributed by atoms with van der Waals surface area (Å²) < 4.78 is 7.10. The van der Waals surface area contributed by atoms with Gasteiger partial charge in [0.05, 0.1) is 24.0 Å². The third-order valence-corrected chi connectivity index (χ3v) is 3.16. The van der Waals surface area contributed by atoms with Gasteiger partial charge in [-0.1, -0.05) is 6.92 Å². The molecule has 0 aliphatic heterocycles. The molecule has 0 spiro atoms. The van der Waals surface area contributed by atoms with Crippen molar-refractivity contribution in [1.82, 2.24) is 9.78 Å². The predicted molar refractivity (Wildman–Crippen MR) is 76.1 cm³/mol. The van der Waals surface area contributed by atoms with Gasteiger partial charge in [0.2, 0.25) is 0 Å². The van der Waals surface area contributed by atoms with E-state index in [2.05, 4.69) is 26.3 Å². The second-order valence-corrected chi connectivity index (χ2v) is 5.64. The maximum atomic E-state index is 12.0. The Morgan fingerprint density at radius 2 is 2.22 bits per heavy atom. The molecule has 0 aliphatic carbocycles. The molecular formula is C12H20BrN3O2. The summed E-state index contributed by atoms with van der Waals surface area (Å²) in [5, 5.41) is 7.39. The van der Waals surface area contributed by atoms with Crippen LogP contribution in [0.5, 0.6) is 0 Å². The maximum absolute atomic E-state index is 12.0. The molecule has 102 valence electrons. The number of halogens is 1. The zero-order valence-electron chi connectivity index (χ0n) is 11.3. The van der Waals surface area contributed by atoms with Gasteiger partial charge in [-0.3, -0.25) is 4.79 Å². The van der Waals surface area contributed by atoms with Gasteiger partial charge in [0.25, 0.3) is 5.56 Å². The molecule has 1 rings (SSSR count). The predicted octanol–water partition coefficient (Wildman–Crippen LogP) is 2.25. The topological polar surface area (TPSA) is 56.1 Å². The zero-order valence-corrected chi connectivity index (χ0v) is 12.9. The van der Waals surface area contributed by atoms with Gasteiger partial charge in [-0.25, -0.2) is 4.68 Å². The highest BCUT2D eigenvalue weighted by molar-refractivity contribution is 9.10. The molecule has 0 bridgehead atoms. The van der Waals surface area contributed by atoms with Gasteiger partial charge in [-0.15, -0.1) is 0 Å². The highest BCUT2D eigenvalue weighted by Crippen LogP contribution is 2.21. The van der Waals surface area contributed by atoms with E-state index in [0.29, 0.717) is 23.3 Å². The van der Waals surface area contributed by atoms with Crippen LogP contribution in [-0.2, 0) is 11.3 Å². The molecule has 0 atom stereocenters. The van der Waals surface area contributed by atoms with Crippen LogP contribution >= 0.6 is 15.9 Å². The summed E-state index contributed by atoms with van der Waals surface area (Å²) in [4.78, 5) is 12.0. The fourth-order valence-electron chi connectivity index (χ4n) is 1.68. The Hall–Kier alpha value is -0.880. The van der Waals surface area contributed by atoms with E-state index in [9.17, 15) is 4.79 Å². The van der Waals surface area contributed by atoms with Crippen LogP contribution in [0.1, 0.15) is 27.2 Å². The number of rotatable bonds is 6. The molecule has 6 heteroatoms. The van der Waals surface area contributed by atoms with Crippen LogP contribution in [0.4, 0.5) is 5.69 Å². The van der Waals surface area contributed by atoms with Crippen molar-refractivity contribution in [3.63, 3.8) is 0 Å². The number of methoxy groups -OCH3 is 1. The Labute approximate surface area is 116 Å². The molecule has 0 radical (unpaired) electrons. The normalized spacial score (nSPS) is 11.6. The van der Waals surface area contributed by atoms with E-state index >= 15 is 0 Å². The molecule has 1 aromatic rings. The summed E-state index contributed by atoms with van der Waals surface area (Å²) in [5.41, 5.74) is 0.312. The van der Waals surface area contributed by atoms with Crippen molar-refractivity contribution in [2.24, 2.45) is 0 Å². The molecule has 0 fully saturated rings. The number of ether oxygens (including phenoxy) is 1. The molecule has 5 nitrogen and oxygen atoms in total. The van der Waals surface area contributed by atoms with Crippen molar-refractivity contribution in [3.05, 3.63) is 21.0 Å². The van der Waals surface area contributed by atoms with Gasteiger partial charge in [0.15, 0.2) is 0 Å². The Morgan fingerprint density at radius 1 is 1.56 bits per heavy atom. The number of aryl methyl sites for hydroxylation is 1. The van der Waals surface area contributed by atoms with Gasteiger partial charge in [-0.2, -0.15) is 5.10 Å². The number of hydrogen-bond donors (Lipinski definition) is 1. The number of nitrogens with one attached hydrogen (secondary N) is 1. The van der Waals surface area contributed by atoms with Gasteiger partial charge >= 0.3 is 0 Å². The monoisotopic (exact) mass is 317 g/mol. The first-order chi connectivity index (χ1) is 8.41. The minimum absolute atomic E-state index is 0.116. The molecule has 1 aromatic heterocycles. The van der Waals surface area contributed by atoms with Gasteiger partial charge < -0.3 is 10.1 Å². The van der Waals surface area contributed by atoms with Crippen molar-refractivity contribution in [2.75, 3.05) is 19.0 Å². The molecular weight excluding hydrogens is 298 g/mol. The van der Waals surface area contributed by atoms with Crippen LogP contribution < -0.4 is 10.9 Å². The van der Waals surface area contributed by atoms with E-state index in [4.69, 9.17) is 4.74 Å². The summed E-state index contributed by atoms with van der Waals surface area (Å²) in [7, 11) is 1.65. The molecule has 0 saturated heterocycles. The molecule has 0 amide bonds. The van der Waals surface area contributed by atoms with Crippen molar-refractivity contribution >= 4 is 21.6 Å². The molecule has 0 saturated carbocycles. The number of hydrogen-bond acceptors (Lipinski definition) is 4. The molecule has 0 aromatic carbocycles. The summed E-state index contributed by atoms with van der Waals surface area (Å²) >= 11 is 3.33. The van der Waals surface area contributed by atoms with E-state index in [1.165, 1.54) is 4.68 Å². The lowest BCUT2D eigenvalue weighted by atomic mass is 10.1. The summed E-state index contributed by atoms with van der Waals surface area (Å²) in [5.74, 6) is 0. The zero-order chi connectivity index (χ0) is 13.8. The highest BCUT2D eigenvalue weighted by atomic mass is 79.9. The summed E-state index contributed by atoms with van der Waals surface area (Å²) in [6.45, 7) is 7.17. The van der Waals surface area contributed by atoms with E-state index in [1.54, 1.807) is 13.3 Å². The van der Waals surface area contributed by atoms with E-state index in [0.717, 1.165) is 6.42 Å². The third-order valence-electron chi connectivity index (χ3n) is 2.40. The van der Waals surface area contributed by atoms with Crippen molar-refractivity contribution in [2.45, 2.75) is 39.3 Å². The highest BCUT2D eigenvalue weighted by Gasteiger charge is 2.19. The van der Waals surface area contributed by atoms with Crippen molar-refractivity contribution < 1.29 is 4.74 Å². The van der Waals surface area contributed by atoms with Crippen LogP contribution in [0.3, 0.4) is 0 Å². The first kappa shape index (κ1) is 15.2. The van der Waals surface area contributed by atoms with Crippen LogP contribution in [0, 0.1) is 0 Å². The standard InChI is InChI=1S/C12H20BrN3O2/c1-5-6-16-11(17)10(13)9(7-14-16)15-12(2,3)8-18-4/h7,15H,5-6,8H2,1-4H3. The SMILES string of the molecule is CCCn1ncc(NC(C)(C)COC)c(Br)c1=O. The minimum atomic E-state index is -0.262. The smallest absolute Gasteiger partial charge is 0.283 e. The quantitative estimate of drug-likeness (QED) is 0.874. The van der Waals surface area contributed by atoms with Crippen LogP contribution in [0.15, 0.2) is 15.5 Å². The van der Waals surface area contributed by atoms with Crippen LogP contribution in [-0.4, -0.2) is 29.0 Å². The Bertz CT molecular complexity index is 457. The Morgan fingerprint density at radius 3 is 2.78 bits per heavy atom. The first-order valence-electron chi connectivity index (χ1n) is 5.94. The average Bonchev–Trinajstić information content (AvgIpc) is 2.29. The van der Waals surface area contributed by atoms with E-state index in [1.807, 2.05) is 20.8 Å². The molecule has 0 unspecified atom stereocenters. The first-order valence-corrected chi connectivity index (χ1v) is 6.73. The fourth-order valence-corrected chi connectivity index (χ4v) is 2.09. The molecule has 1 N–H and O–H groups in total. The Kier molecular flexibility index (Phi) is 5.34. The summed E-state index contributed by atoms with van der Waals surface area (Å²) in [6, 6.07) is 0. The third kappa shape index (κ3) is 3.81. The minimum Gasteiger partial charge on any atom is -0.382 e. The number of anilines is 1. The second-order valence-electron chi connectivity index (χ2n) is 4.84. The number of nitrogens with zero attached hydrogens (tertiary/aromatic N) is 2. The van der Waals surface area contributed by atoms with Gasteiger partial charge in [-0.05, 0) is 36.2 Å². The lowest BCUT2D eigenvalue weighted by Gasteiger charge is -2.26. The summed E-state index contributed by atoms with van der Waals surface area (Å²) in [6.07, 6.45) is 2.54. The van der Waals surface area contributed by atoms with Gasteiger partial charge in [0.1, 0.15) is 4.47 Å². The molecule has 1 heterocycles. The Balaban J connectivity index is 2.99. The average molecular weight is 318 g/mol. The lowest BCUT2D eigenvalue weighted by Crippen LogP contribution is -2.37. The number of aromatic nitrogens is 2. The lowest BCUT2D eigenvalue weighted by molar-refractivity contribution is 0.158. The van der Waals surface area contributed by atoms with Crippen molar-refractivity contribution in [1.29, 1.82) is 0 Å². The van der Waals surface area contributed by atoms with E-state index < -0.39 is 0 Å². The van der Waals surface area contributed by atoms with Crippen LogP contribution in [0.2, 0.25) is 0 Å². The maximum Gasteiger partial charge on any atom is 0.283 e. The second kappa shape index (κ2) is 6.33.